The number of methoxy groups -OCH3 is 2. The fraction of sp³-hybridized carbons (Fsp3) is 0.429. The van der Waals surface area contributed by atoms with Crippen molar-refractivity contribution in [2.24, 2.45) is 0 Å². The molecule has 2 aromatic rings. The maximum absolute atomic E-state index is 13.3. The average Bonchev–Trinajstić information content (AvgIpc) is 3.23. The Kier molecular flexibility index (Phi) is 4.79. The van der Waals surface area contributed by atoms with Crippen LogP contribution in [0.15, 0.2) is 16.7 Å². The molecule has 1 aromatic carbocycles. The highest BCUT2D eigenvalue weighted by Gasteiger charge is 2.69. The Balaban J connectivity index is 0.00000119. The third-order valence-electron chi connectivity index (χ3n) is 5.77. The second-order valence-corrected chi connectivity index (χ2v) is 7.54. The van der Waals surface area contributed by atoms with Gasteiger partial charge in [-0.25, -0.2) is 4.79 Å². The summed E-state index contributed by atoms with van der Waals surface area (Å²) in [4.78, 5) is 25.6. The fourth-order valence-electron chi connectivity index (χ4n) is 4.32. The molecule has 0 spiro atoms. The largest absolute Gasteiger partial charge is 0.493 e. The summed E-state index contributed by atoms with van der Waals surface area (Å²) < 4.78 is 33.0. The van der Waals surface area contributed by atoms with E-state index in [1.54, 1.807) is 6.92 Å². The number of rotatable bonds is 2. The zero-order valence-electron chi connectivity index (χ0n) is 18.0. The van der Waals surface area contributed by atoms with Gasteiger partial charge in [0.15, 0.2) is 11.5 Å². The highest BCUT2D eigenvalue weighted by Crippen LogP contribution is 2.57. The number of hydrogen-bond acceptors (Lipinski definition) is 11. The first-order chi connectivity index (χ1) is 15.1. The number of fused-ring (bicyclic) bond motifs is 5. The van der Waals surface area contributed by atoms with Gasteiger partial charge in [-0.15, -0.1) is 0 Å². The zero-order chi connectivity index (χ0) is 23.6. The Labute approximate surface area is 182 Å². The van der Waals surface area contributed by atoms with Crippen molar-refractivity contribution in [1.82, 2.24) is 0 Å². The number of esters is 1. The van der Waals surface area contributed by atoms with Gasteiger partial charge in [0.05, 0.1) is 30.1 Å². The number of aryl methyl sites for hydroxylation is 1. The number of ether oxygens (including phenoxy) is 5. The first-order valence-electron chi connectivity index (χ1n) is 9.52. The van der Waals surface area contributed by atoms with Crippen molar-refractivity contribution in [3.63, 3.8) is 0 Å². The minimum atomic E-state index is -2.64. The molecule has 0 saturated carbocycles. The Hall–Kier alpha value is -3.12. The molecular weight excluding hydrogens is 428 g/mol. The van der Waals surface area contributed by atoms with E-state index >= 15 is 0 Å². The summed E-state index contributed by atoms with van der Waals surface area (Å²) in [5.74, 6) is -8.31. The molecule has 172 valence electrons. The van der Waals surface area contributed by atoms with Gasteiger partial charge in [-0.1, -0.05) is 0 Å². The number of carbonyl (C=O) groups is 2. The smallest absolute Gasteiger partial charge is 0.341 e. The molecule has 3 aliphatic rings. The van der Waals surface area contributed by atoms with Crippen molar-refractivity contribution in [1.29, 1.82) is 0 Å². The topological polar surface area (TPSA) is 154 Å². The van der Waals surface area contributed by atoms with Crippen molar-refractivity contribution in [2.45, 2.75) is 37.6 Å². The molecule has 32 heavy (non-hydrogen) atoms. The van der Waals surface area contributed by atoms with Crippen molar-refractivity contribution >= 4 is 11.8 Å². The second-order valence-electron chi connectivity index (χ2n) is 7.54. The number of ketones is 1. The van der Waals surface area contributed by atoms with E-state index in [4.69, 9.17) is 33.2 Å². The minimum absolute atomic E-state index is 0.0452. The van der Waals surface area contributed by atoms with Crippen molar-refractivity contribution in [2.75, 3.05) is 21.3 Å². The molecule has 0 unspecified atom stereocenters. The summed E-state index contributed by atoms with van der Waals surface area (Å²) in [5, 5.41) is 29.1. The van der Waals surface area contributed by atoms with Crippen LogP contribution in [0.2, 0.25) is 0 Å². The first kappa shape index (κ1) is 22.1. The van der Waals surface area contributed by atoms with Crippen LogP contribution < -0.4 is 14.2 Å². The lowest BCUT2D eigenvalue weighted by molar-refractivity contribution is -0.328. The standard InChI is InChI=1S/C20H18O10.CH4O/c1-8-12-9(7-27-8)6-19(26-4)20(24,16(12)21)29-15-13-10(17(22)30-18(13,2)23)5-11(25-3)14(15)28-19;1-2/h5,7,23-24H,6H2,1-4H3;2H,1H3/t18-,19-,20-;/m0./s1. The molecule has 1 aromatic heterocycles. The van der Waals surface area contributed by atoms with Crippen LogP contribution in [0, 0.1) is 6.92 Å². The molecule has 11 heteroatoms. The summed E-state index contributed by atoms with van der Waals surface area (Å²) >= 11 is 0. The maximum atomic E-state index is 13.3. The quantitative estimate of drug-likeness (QED) is 0.556. The van der Waals surface area contributed by atoms with Crippen LogP contribution in [0.5, 0.6) is 17.2 Å². The van der Waals surface area contributed by atoms with Crippen LogP contribution in [-0.2, 0) is 21.7 Å². The normalized spacial score (nSPS) is 29.2. The second kappa shape index (κ2) is 6.94. The molecule has 3 heterocycles. The van der Waals surface area contributed by atoms with Gasteiger partial charge in [-0.2, -0.15) is 0 Å². The van der Waals surface area contributed by atoms with E-state index in [0.29, 0.717) is 11.3 Å². The number of hydrogen-bond donors (Lipinski definition) is 3. The molecule has 0 fully saturated rings. The van der Waals surface area contributed by atoms with Crippen LogP contribution in [-0.4, -0.2) is 60.0 Å². The summed E-state index contributed by atoms with van der Waals surface area (Å²) in [7, 11) is 3.60. The van der Waals surface area contributed by atoms with Gasteiger partial charge in [-0.05, 0) is 13.0 Å². The predicted molar refractivity (Wildman–Crippen MR) is 104 cm³/mol. The molecule has 3 atom stereocenters. The van der Waals surface area contributed by atoms with Gasteiger partial charge in [0, 0.05) is 33.1 Å². The number of cyclic esters (lactones) is 1. The molecule has 11 nitrogen and oxygen atoms in total. The summed E-state index contributed by atoms with van der Waals surface area (Å²) in [6.45, 7) is 2.81. The number of Topliss-reactive ketones (excluding diaryl/α,β-unsaturated/α-hetero) is 1. The van der Waals surface area contributed by atoms with Crippen LogP contribution in [0.25, 0.3) is 0 Å². The van der Waals surface area contributed by atoms with Gasteiger partial charge in [0.25, 0.3) is 5.79 Å². The van der Waals surface area contributed by atoms with E-state index in [9.17, 15) is 19.8 Å². The molecule has 0 amide bonds. The molecule has 0 bridgehead atoms. The van der Waals surface area contributed by atoms with Gasteiger partial charge in [0.1, 0.15) is 5.76 Å². The summed E-state index contributed by atoms with van der Waals surface area (Å²) in [5.41, 5.74) is 0.484. The Morgan fingerprint density at radius 2 is 1.75 bits per heavy atom. The van der Waals surface area contributed by atoms with E-state index in [0.717, 1.165) is 7.11 Å². The number of carbonyl (C=O) groups excluding carboxylic acids is 2. The van der Waals surface area contributed by atoms with E-state index in [1.165, 1.54) is 33.5 Å². The molecule has 2 aliphatic heterocycles. The van der Waals surface area contributed by atoms with Gasteiger partial charge in [-0.3, -0.25) is 4.79 Å². The fourth-order valence-corrected chi connectivity index (χ4v) is 4.32. The van der Waals surface area contributed by atoms with E-state index in [1.807, 2.05) is 0 Å². The van der Waals surface area contributed by atoms with Crippen LogP contribution in [0.3, 0.4) is 0 Å². The lowest BCUT2D eigenvalue weighted by Gasteiger charge is -2.49. The Morgan fingerprint density at radius 3 is 2.38 bits per heavy atom. The highest BCUT2D eigenvalue weighted by molar-refractivity contribution is 6.06. The van der Waals surface area contributed by atoms with Crippen molar-refractivity contribution < 1.29 is 53.0 Å². The lowest BCUT2D eigenvalue weighted by Crippen LogP contribution is -2.71. The molecule has 1 aliphatic carbocycles. The molecule has 0 radical (unpaired) electrons. The Bertz CT molecular complexity index is 1130. The molecule has 0 saturated heterocycles. The SMILES string of the molecule is CO.COc1cc2c(c3c1O[C@@]1(OC)Cc4coc(C)c4C(=O)[C@]1(O)O3)[C@@](C)(O)OC2=O. The van der Waals surface area contributed by atoms with Crippen LogP contribution in [0.1, 0.15) is 44.5 Å². The lowest BCUT2D eigenvalue weighted by atomic mass is 9.81. The van der Waals surface area contributed by atoms with Crippen LogP contribution >= 0.6 is 0 Å². The Morgan fingerprint density at radius 1 is 1.06 bits per heavy atom. The van der Waals surface area contributed by atoms with E-state index < -0.39 is 29.1 Å². The summed E-state index contributed by atoms with van der Waals surface area (Å²) in [6, 6.07) is 1.33. The van der Waals surface area contributed by atoms with E-state index in [-0.39, 0.29) is 40.4 Å². The highest BCUT2D eigenvalue weighted by atomic mass is 16.8. The third-order valence-corrected chi connectivity index (χ3v) is 5.77. The summed E-state index contributed by atoms with van der Waals surface area (Å²) in [6.07, 6.45) is 1.31. The number of aliphatic hydroxyl groups excluding tert-OH is 1. The van der Waals surface area contributed by atoms with Crippen molar-refractivity contribution in [3.8, 4) is 17.2 Å². The number of furan rings is 1. The molecule has 5 rings (SSSR count). The number of aliphatic hydroxyl groups is 3. The van der Waals surface area contributed by atoms with Gasteiger partial charge >= 0.3 is 11.8 Å². The first-order valence-corrected chi connectivity index (χ1v) is 9.52. The monoisotopic (exact) mass is 450 g/mol. The van der Waals surface area contributed by atoms with Gasteiger partial charge < -0.3 is 43.4 Å². The minimum Gasteiger partial charge on any atom is -0.493 e. The average molecular weight is 450 g/mol. The third kappa shape index (κ3) is 2.56. The number of benzene rings is 1. The van der Waals surface area contributed by atoms with Gasteiger partial charge in [0.2, 0.25) is 17.3 Å². The van der Waals surface area contributed by atoms with Crippen LogP contribution in [0.4, 0.5) is 0 Å². The maximum Gasteiger partial charge on any atom is 0.341 e. The van der Waals surface area contributed by atoms with Crippen molar-refractivity contribution in [3.05, 3.63) is 40.3 Å². The predicted octanol–water partition coefficient (Wildman–Crippen LogP) is 0.782. The molecular formula is C21H22O11. The zero-order valence-corrected chi connectivity index (χ0v) is 18.0. The molecule has 3 N–H and O–H groups in total. The van der Waals surface area contributed by atoms with E-state index in [2.05, 4.69) is 0 Å².